The van der Waals surface area contributed by atoms with Gasteiger partial charge in [0.25, 0.3) is 5.91 Å². The fourth-order valence-corrected chi connectivity index (χ4v) is 2.21. The predicted molar refractivity (Wildman–Crippen MR) is 101 cm³/mol. The van der Waals surface area contributed by atoms with Crippen LogP contribution >= 0.6 is 0 Å². The zero-order valence-corrected chi connectivity index (χ0v) is 15.9. The fraction of sp³-hybridized carbons (Fsp3) is 0.400. The molecule has 0 saturated carbocycles. The number of amides is 1. The Labute approximate surface area is 155 Å². The van der Waals surface area contributed by atoms with Crippen molar-refractivity contribution in [3.8, 4) is 11.5 Å². The molecule has 0 aliphatic heterocycles. The molecule has 0 fully saturated rings. The number of carbonyl (C=O) groups is 2. The highest BCUT2D eigenvalue weighted by atomic mass is 16.6. The monoisotopic (exact) mass is 361 g/mol. The standard InChI is InChI=1S/C20H27NO5/c1-6-8-16-9-10-17(18(11-16)24-5)25-14-20(23)26-13-19(22)21(7-2)12-15(3)4/h6,8-11H,3,7,12-14H2,1-2,4-5H3/b8-6+. The van der Waals surface area contributed by atoms with Crippen molar-refractivity contribution in [2.24, 2.45) is 0 Å². The van der Waals surface area contributed by atoms with Gasteiger partial charge in [-0.25, -0.2) is 4.79 Å². The maximum Gasteiger partial charge on any atom is 0.344 e. The van der Waals surface area contributed by atoms with Gasteiger partial charge in [-0.3, -0.25) is 4.79 Å². The van der Waals surface area contributed by atoms with Crippen LogP contribution in [-0.4, -0.2) is 50.2 Å². The first kappa shape index (κ1) is 21.3. The summed E-state index contributed by atoms with van der Waals surface area (Å²) >= 11 is 0. The zero-order valence-electron chi connectivity index (χ0n) is 15.9. The van der Waals surface area contributed by atoms with Gasteiger partial charge in [0.1, 0.15) is 0 Å². The zero-order chi connectivity index (χ0) is 19.5. The molecule has 0 aliphatic carbocycles. The summed E-state index contributed by atoms with van der Waals surface area (Å²) in [7, 11) is 1.53. The minimum absolute atomic E-state index is 0.267. The van der Waals surface area contributed by atoms with Crippen molar-refractivity contribution < 1.29 is 23.8 Å². The van der Waals surface area contributed by atoms with Crippen molar-refractivity contribution in [1.29, 1.82) is 0 Å². The van der Waals surface area contributed by atoms with Gasteiger partial charge in [0, 0.05) is 13.1 Å². The fourth-order valence-electron chi connectivity index (χ4n) is 2.21. The second-order valence-corrected chi connectivity index (χ2v) is 5.72. The van der Waals surface area contributed by atoms with Crippen molar-refractivity contribution in [2.75, 3.05) is 33.4 Å². The molecule has 1 aromatic rings. The quantitative estimate of drug-likeness (QED) is 0.473. The van der Waals surface area contributed by atoms with E-state index in [0.717, 1.165) is 11.1 Å². The number of hydrogen-bond acceptors (Lipinski definition) is 5. The number of esters is 1. The Morgan fingerprint density at radius 2 is 1.96 bits per heavy atom. The van der Waals surface area contributed by atoms with Gasteiger partial charge in [-0.2, -0.15) is 0 Å². The highest BCUT2D eigenvalue weighted by Crippen LogP contribution is 2.28. The van der Waals surface area contributed by atoms with Crippen LogP contribution in [0, 0.1) is 0 Å². The van der Waals surface area contributed by atoms with E-state index in [9.17, 15) is 9.59 Å². The Balaban J connectivity index is 2.54. The highest BCUT2D eigenvalue weighted by Gasteiger charge is 2.15. The van der Waals surface area contributed by atoms with E-state index >= 15 is 0 Å². The minimum atomic E-state index is -0.621. The molecule has 1 aromatic carbocycles. The average Bonchev–Trinajstić information content (AvgIpc) is 2.62. The molecular formula is C20H27NO5. The third kappa shape index (κ3) is 7.01. The molecule has 0 spiro atoms. The maximum absolute atomic E-state index is 12.0. The summed E-state index contributed by atoms with van der Waals surface area (Å²) in [4.78, 5) is 25.4. The molecular weight excluding hydrogens is 334 g/mol. The number of allylic oxidation sites excluding steroid dienone is 1. The van der Waals surface area contributed by atoms with Crippen molar-refractivity contribution >= 4 is 18.0 Å². The molecule has 1 rings (SSSR count). The Morgan fingerprint density at radius 3 is 2.54 bits per heavy atom. The second-order valence-electron chi connectivity index (χ2n) is 5.72. The van der Waals surface area contributed by atoms with E-state index in [1.165, 1.54) is 7.11 Å². The number of benzene rings is 1. The molecule has 0 heterocycles. The van der Waals surface area contributed by atoms with Gasteiger partial charge in [-0.05, 0) is 38.5 Å². The number of nitrogens with zero attached hydrogens (tertiary/aromatic N) is 1. The normalized spacial score (nSPS) is 10.5. The van der Waals surface area contributed by atoms with Gasteiger partial charge in [0.15, 0.2) is 24.7 Å². The van der Waals surface area contributed by atoms with Crippen LogP contribution < -0.4 is 9.47 Å². The van der Waals surface area contributed by atoms with Crippen LogP contribution in [0.3, 0.4) is 0 Å². The Bertz CT molecular complexity index is 666. The van der Waals surface area contributed by atoms with Crippen LogP contribution in [0.5, 0.6) is 11.5 Å². The Morgan fingerprint density at radius 1 is 1.23 bits per heavy atom. The number of rotatable bonds is 10. The van der Waals surface area contributed by atoms with Crippen LogP contribution in [0.25, 0.3) is 6.08 Å². The smallest absolute Gasteiger partial charge is 0.344 e. The summed E-state index contributed by atoms with van der Waals surface area (Å²) in [6.07, 6.45) is 3.84. The number of hydrogen-bond donors (Lipinski definition) is 0. The maximum atomic E-state index is 12.0. The summed E-state index contributed by atoms with van der Waals surface area (Å²) in [5, 5.41) is 0. The molecule has 0 unspecified atom stereocenters. The molecule has 6 heteroatoms. The predicted octanol–water partition coefficient (Wildman–Crippen LogP) is 3.07. The summed E-state index contributed by atoms with van der Waals surface area (Å²) in [6.45, 7) is 9.74. The van der Waals surface area contributed by atoms with Gasteiger partial charge in [-0.15, -0.1) is 0 Å². The lowest BCUT2D eigenvalue weighted by Gasteiger charge is -2.20. The first-order valence-electron chi connectivity index (χ1n) is 8.42. The van der Waals surface area contributed by atoms with Gasteiger partial charge >= 0.3 is 5.97 Å². The van der Waals surface area contributed by atoms with Crippen LogP contribution in [-0.2, 0) is 14.3 Å². The molecule has 0 aliphatic rings. The summed E-state index contributed by atoms with van der Waals surface area (Å²) < 4.78 is 15.7. The molecule has 0 N–H and O–H groups in total. The third-order valence-corrected chi connectivity index (χ3v) is 3.44. The summed E-state index contributed by atoms with van der Waals surface area (Å²) in [5.41, 5.74) is 1.82. The molecule has 142 valence electrons. The molecule has 6 nitrogen and oxygen atoms in total. The number of carbonyl (C=O) groups excluding carboxylic acids is 2. The SMILES string of the molecule is C=C(C)CN(CC)C(=O)COC(=O)COc1ccc(/C=C/C)cc1OC. The average molecular weight is 361 g/mol. The number of likely N-dealkylation sites (N-methyl/N-ethyl adjacent to an activating group) is 1. The van der Waals surface area contributed by atoms with Crippen molar-refractivity contribution in [3.63, 3.8) is 0 Å². The van der Waals surface area contributed by atoms with Crippen LogP contribution in [0.2, 0.25) is 0 Å². The lowest BCUT2D eigenvalue weighted by Crippen LogP contribution is -2.36. The number of methoxy groups -OCH3 is 1. The van der Waals surface area contributed by atoms with Crippen LogP contribution in [0.1, 0.15) is 26.3 Å². The lowest BCUT2D eigenvalue weighted by atomic mass is 10.2. The van der Waals surface area contributed by atoms with Crippen molar-refractivity contribution in [3.05, 3.63) is 42.0 Å². The molecule has 1 amide bonds. The van der Waals surface area contributed by atoms with E-state index in [1.54, 1.807) is 17.0 Å². The van der Waals surface area contributed by atoms with Crippen LogP contribution in [0.4, 0.5) is 0 Å². The third-order valence-electron chi connectivity index (χ3n) is 3.44. The van der Waals surface area contributed by atoms with Gasteiger partial charge < -0.3 is 19.1 Å². The molecule has 0 atom stereocenters. The molecule has 0 bridgehead atoms. The van der Waals surface area contributed by atoms with E-state index in [-0.39, 0.29) is 19.1 Å². The van der Waals surface area contributed by atoms with E-state index in [4.69, 9.17) is 14.2 Å². The highest BCUT2D eigenvalue weighted by molar-refractivity contribution is 5.81. The topological polar surface area (TPSA) is 65.1 Å². The molecule has 0 aromatic heterocycles. The first-order chi connectivity index (χ1) is 12.4. The van der Waals surface area contributed by atoms with Gasteiger partial charge in [-0.1, -0.05) is 30.4 Å². The van der Waals surface area contributed by atoms with E-state index < -0.39 is 5.97 Å². The minimum Gasteiger partial charge on any atom is -0.493 e. The molecule has 0 radical (unpaired) electrons. The van der Waals surface area contributed by atoms with E-state index in [2.05, 4.69) is 6.58 Å². The molecule has 0 saturated heterocycles. The second kappa shape index (κ2) is 11.0. The van der Waals surface area contributed by atoms with Gasteiger partial charge in [0.2, 0.25) is 0 Å². The Hall–Kier alpha value is -2.76. The first-order valence-corrected chi connectivity index (χ1v) is 8.42. The summed E-state index contributed by atoms with van der Waals surface area (Å²) in [5.74, 6) is 0.0611. The van der Waals surface area contributed by atoms with E-state index in [1.807, 2.05) is 39.0 Å². The van der Waals surface area contributed by atoms with Gasteiger partial charge in [0.05, 0.1) is 7.11 Å². The molecule has 26 heavy (non-hydrogen) atoms. The van der Waals surface area contributed by atoms with E-state index in [0.29, 0.717) is 24.6 Å². The van der Waals surface area contributed by atoms with Crippen molar-refractivity contribution in [2.45, 2.75) is 20.8 Å². The van der Waals surface area contributed by atoms with Crippen molar-refractivity contribution in [1.82, 2.24) is 4.90 Å². The summed E-state index contributed by atoms with van der Waals surface area (Å²) in [6, 6.07) is 5.38. The van der Waals surface area contributed by atoms with Crippen LogP contribution in [0.15, 0.2) is 36.4 Å². The largest absolute Gasteiger partial charge is 0.493 e. The number of ether oxygens (including phenoxy) is 3. The lowest BCUT2D eigenvalue weighted by molar-refractivity contribution is -0.153. The Kier molecular flexibility index (Phi) is 8.98.